The van der Waals surface area contributed by atoms with Crippen LogP contribution in [0.2, 0.25) is 0 Å². The number of alkyl halides is 3. The molecule has 0 bridgehead atoms. The van der Waals surface area contributed by atoms with Gasteiger partial charge in [-0.15, -0.1) is 0 Å². The van der Waals surface area contributed by atoms with Crippen LogP contribution in [0.4, 0.5) is 18.9 Å². The van der Waals surface area contributed by atoms with Crippen molar-refractivity contribution in [1.82, 2.24) is 0 Å². The third-order valence-corrected chi connectivity index (χ3v) is 6.93. The van der Waals surface area contributed by atoms with Crippen LogP contribution in [0, 0.1) is 11.3 Å². The molecule has 3 nitrogen and oxygen atoms in total. The summed E-state index contributed by atoms with van der Waals surface area (Å²) in [7, 11) is 0. The first-order valence-electron chi connectivity index (χ1n) is 10.6. The Labute approximate surface area is 171 Å². The van der Waals surface area contributed by atoms with Gasteiger partial charge in [0.1, 0.15) is 0 Å². The first-order valence-corrected chi connectivity index (χ1v) is 10.6. The predicted molar refractivity (Wildman–Crippen MR) is 108 cm³/mol. The van der Waals surface area contributed by atoms with Crippen molar-refractivity contribution in [3.63, 3.8) is 0 Å². The average Bonchev–Trinajstić information content (AvgIpc) is 2.62. The van der Waals surface area contributed by atoms with Gasteiger partial charge in [0.05, 0.1) is 5.56 Å². The lowest BCUT2D eigenvalue weighted by atomic mass is 9.65. The van der Waals surface area contributed by atoms with Crippen LogP contribution in [0.5, 0.6) is 0 Å². The number of carboxylic acids is 1. The van der Waals surface area contributed by atoms with Gasteiger partial charge in [0, 0.05) is 25.2 Å². The minimum absolute atomic E-state index is 0.236. The number of piperidine rings is 1. The monoisotopic (exact) mass is 411 g/mol. The Hall–Kier alpha value is -1.72. The molecule has 1 aliphatic heterocycles. The number of carbonyl (C=O) groups is 1. The van der Waals surface area contributed by atoms with Crippen LogP contribution >= 0.6 is 0 Å². The van der Waals surface area contributed by atoms with E-state index in [4.69, 9.17) is 5.11 Å². The molecule has 3 rings (SSSR count). The zero-order chi connectivity index (χ0) is 21.4. The summed E-state index contributed by atoms with van der Waals surface area (Å²) in [5.41, 5.74) is 0.681. The summed E-state index contributed by atoms with van der Waals surface area (Å²) in [6, 6.07) is 4.48. The molecule has 0 aromatic heterocycles. The van der Waals surface area contributed by atoms with E-state index >= 15 is 0 Å². The second-order valence-corrected chi connectivity index (χ2v) is 10.0. The fourth-order valence-electron chi connectivity index (χ4n) is 4.87. The van der Waals surface area contributed by atoms with Gasteiger partial charge in [-0.25, -0.2) is 0 Å². The Morgan fingerprint density at radius 2 is 1.59 bits per heavy atom. The lowest BCUT2D eigenvalue weighted by molar-refractivity contribution is -0.139. The molecule has 6 heteroatoms. The topological polar surface area (TPSA) is 40.5 Å². The van der Waals surface area contributed by atoms with Crippen molar-refractivity contribution in [1.29, 1.82) is 0 Å². The number of hydrogen-bond donors (Lipinski definition) is 1. The normalized spacial score (nSPS) is 20.8. The Morgan fingerprint density at radius 1 is 1.03 bits per heavy atom. The average molecular weight is 412 g/mol. The summed E-state index contributed by atoms with van der Waals surface area (Å²) in [5, 5.41) is 9.00. The number of nitrogens with zero attached hydrogens (tertiary/aromatic N) is 1. The van der Waals surface area contributed by atoms with Crippen molar-refractivity contribution in [3.05, 3.63) is 29.3 Å². The van der Waals surface area contributed by atoms with Crippen LogP contribution in [0.3, 0.4) is 0 Å². The van der Waals surface area contributed by atoms with Crippen molar-refractivity contribution in [2.45, 2.75) is 77.3 Å². The smallest absolute Gasteiger partial charge is 0.416 e. The highest BCUT2D eigenvalue weighted by atomic mass is 19.4. The molecule has 0 amide bonds. The molecule has 2 fully saturated rings. The number of carboxylic acid groups (broad SMARTS) is 1. The Bertz CT molecular complexity index is 701. The van der Waals surface area contributed by atoms with Crippen molar-refractivity contribution >= 4 is 11.7 Å². The number of halogens is 3. The van der Waals surface area contributed by atoms with E-state index < -0.39 is 17.7 Å². The third kappa shape index (κ3) is 5.26. The van der Waals surface area contributed by atoms with Crippen molar-refractivity contribution < 1.29 is 23.1 Å². The quantitative estimate of drug-likeness (QED) is 0.639. The van der Waals surface area contributed by atoms with E-state index in [1.165, 1.54) is 12.1 Å². The fraction of sp³-hybridized carbons (Fsp3) is 0.696. The fourth-order valence-corrected chi connectivity index (χ4v) is 4.87. The molecule has 162 valence electrons. The van der Waals surface area contributed by atoms with Crippen molar-refractivity contribution in [2.75, 3.05) is 18.0 Å². The molecule has 2 aliphatic rings. The number of anilines is 1. The van der Waals surface area contributed by atoms with Gasteiger partial charge in [0.2, 0.25) is 0 Å². The van der Waals surface area contributed by atoms with E-state index in [0.717, 1.165) is 51.6 Å². The first-order chi connectivity index (χ1) is 13.4. The zero-order valence-corrected chi connectivity index (χ0v) is 17.6. The maximum atomic E-state index is 13.5. The molecule has 29 heavy (non-hydrogen) atoms. The van der Waals surface area contributed by atoms with Crippen LogP contribution in [0.15, 0.2) is 18.2 Å². The van der Waals surface area contributed by atoms with Gasteiger partial charge in [0.15, 0.2) is 0 Å². The molecule has 1 aliphatic carbocycles. The van der Waals surface area contributed by atoms with Gasteiger partial charge in [-0.05, 0) is 79.0 Å². The maximum Gasteiger partial charge on any atom is 0.416 e. The minimum Gasteiger partial charge on any atom is -0.481 e. The summed E-state index contributed by atoms with van der Waals surface area (Å²) in [5.74, 6) is -0.450. The SMILES string of the molecule is CC(C)(C)c1cc(N2CCC3(CCC(CC(=O)O)CC3)CC2)cc(C(F)(F)F)c1. The molecular formula is C23H32F3NO2. The number of rotatable bonds is 3. The second-order valence-electron chi connectivity index (χ2n) is 10.0. The van der Waals surface area contributed by atoms with E-state index in [0.29, 0.717) is 11.3 Å². The van der Waals surface area contributed by atoms with Gasteiger partial charge in [-0.3, -0.25) is 4.79 Å². The third-order valence-electron chi connectivity index (χ3n) is 6.93. The van der Waals surface area contributed by atoms with Crippen LogP contribution in [-0.2, 0) is 16.4 Å². The standard InChI is InChI=1S/C23H32F3NO2/c1-21(2,3)17-13-18(23(24,25)26)15-19(14-17)27-10-8-22(9-11-27)6-4-16(5-7-22)12-20(28)29/h13-16H,4-12H2,1-3H3,(H,28,29). The highest BCUT2D eigenvalue weighted by Gasteiger charge is 2.39. The van der Waals surface area contributed by atoms with E-state index in [1.54, 1.807) is 0 Å². The van der Waals surface area contributed by atoms with Crippen LogP contribution in [-0.4, -0.2) is 24.2 Å². The van der Waals surface area contributed by atoms with Crippen LogP contribution < -0.4 is 4.90 Å². The molecule has 0 radical (unpaired) electrons. The van der Waals surface area contributed by atoms with Gasteiger partial charge in [0.25, 0.3) is 0 Å². The summed E-state index contributed by atoms with van der Waals surface area (Å²) in [6.45, 7) is 7.33. The summed E-state index contributed by atoms with van der Waals surface area (Å²) in [6.07, 6.45) is 1.80. The lowest BCUT2D eigenvalue weighted by Crippen LogP contribution is -2.42. The molecule has 0 atom stereocenters. The molecular weight excluding hydrogens is 379 g/mol. The summed E-state index contributed by atoms with van der Waals surface area (Å²) in [4.78, 5) is 13.0. The number of benzene rings is 1. The molecule has 1 saturated carbocycles. The largest absolute Gasteiger partial charge is 0.481 e. The second kappa shape index (κ2) is 7.84. The maximum absolute atomic E-state index is 13.5. The molecule has 1 N–H and O–H groups in total. The molecule has 1 heterocycles. The van der Waals surface area contributed by atoms with Crippen molar-refractivity contribution in [2.24, 2.45) is 11.3 Å². The van der Waals surface area contributed by atoms with Gasteiger partial charge >= 0.3 is 12.1 Å². The predicted octanol–water partition coefficient (Wildman–Crippen LogP) is 6.25. The van der Waals surface area contributed by atoms with E-state index in [2.05, 4.69) is 4.90 Å². The van der Waals surface area contributed by atoms with E-state index in [-0.39, 0.29) is 23.2 Å². The molecule has 1 aromatic carbocycles. The Balaban J connectivity index is 1.72. The molecule has 1 spiro atoms. The summed E-state index contributed by atoms with van der Waals surface area (Å²) < 4.78 is 40.4. The van der Waals surface area contributed by atoms with Gasteiger partial charge < -0.3 is 10.0 Å². The summed E-state index contributed by atoms with van der Waals surface area (Å²) >= 11 is 0. The molecule has 1 aromatic rings. The number of aliphatic carboxylic acids is 1. The molecule has 0 unspecified atom stereocenters. The highest BCUT2D eigenvalue weighted by molar-refractivity contribution is 5.67. The van der Waals surface area contributed by atoms with Crippen molar-refractivity contribution in [3.8, 4) is 0 Å². The lowest BCUT2D eigenvalue weighted by Gasteiger charge is -2.46. The Kier molecular flexibility index (Phi) is 5.94. The van der Waals surface area contributed by atoms with Crippen LogP contribution in [0.25, 0.3) is 0 Å². The van der Waals surface area contributed by atoms with Gasteiger partial charge in [-0.1, -0.05) is 20.8 Å². The van der Waals surface area contributed by atoms with Crippen LogP contribution in [0.1, 0.15) is 76.8 Å². The van der Waals surface area contributed by atoms with E-state index in [1.807, 2.05) is 26.8 Å². The number of hydrogen-bond acceptors (Lipinski definition) is 2. The molecule has 1 saturated heterocycles. The first kappa shape index (κ1) is 22.0. The Morgan fingerprint density at radius 3 is 2.07 bits per heavy atom. The minimum atomic E-state index is -4.35. The highest BCUT2D eigenvalue weighted by Crippen LogP contribution is 2.48. The van der Waals surface area contributed by atoms with Gasteiger partial charge in [-0.2, -0.15) is 13.2 Å². The zero-order valence-electron chi connectivity index (χ0n) is 17.6. The van der Waals surface area contributed by atoms with E-state index in [9.17, 15) is 18.0 Å².